The molecule has 1 unspecified atom stereocenters. The molecule has 1 heterocycles. The van der Waals surface area contributed by atoms with Crippen molar-refractivity contribution in [3.05, 3.63) is 84.5 Å². The lowest BCUT2D eigenvalue weighted by Crippen LogP contribution is -2.27. The van der Waals surface area contributed by atoms with Crippen LogP contribution in [0.3, 0.4) is 0 Å². The largest absolute Gasteiger partial charge is 0.475 e. The molecule has 2 aromatic carbocycles. The molecule has 2 aliphatic rings. The van der Waals surface area contributed by atoms with Crippen LogP contribution in [0.1, 0.15) is 13.8 Å². The number of ether oxygens (including phenoxy) is 1. The standard InChI is InChI=1S/C22H22NO2P/c1-22(2)16-25-21(23-22)19-14-9-15-20(19)26(24,17-10-5-3-6-11-17)18-12-7-4-8-13-18/h3-15,20H,16H2,1-2H3. The first kappa shape index (κ1) is 17.1. The van der Waals surface area contributed by atoms with E-state index in [2.05, 4.69) is 0 Å². The van der Waals surface area contributed by atoms with Gasteiger partial charge in [-0.3, -0.25) is 0 Å². The van der Waals surface area contributed by atoms with E-state index < -0.39 is 7.14 Å². The minimum Gasteiger partial charge on any atom is -0.475 e. The Balaban J connectivity index is 1.84. The van der Waals surface area contributed by atoms with Crippen molar-refractivity contribution in [2.75, 3.05) is 6.61 Å². The van der Waals surface area contributed by atoms with Crippen molar-refractivity contribution in [3.8, 4) is 0 Å². The molecular weight excluding hydrogens is 341 g/mol. The van der Waals surface area contributed by atoms with E-state index in [0.717, 1.165) is 16.2 Å². The van der Waals surface area contributed by atoms with Gasteiger partial charge >= 0.3 is 0 Å². The zero-order valence-corrected chi connectivity index (χ0v) is 15.9. The third-order valence-corrected chi connectivity index (χ3v) is 8.14. The van der Waals surface area contributed by atoms with Crippen LogP contribution >= 0.6 is 7.14 Å². The molecule has 1 atom stereocenters. The molecule has 2 aromatic rings. The van der Waals surface area contributed by atoms with Crippen LogP contribution in [0.15, 0.2) is 89.5 Å². The second-order valence-corrected chi connectivity index (χ2v) is 10.2. The van der Waals surface area contributed by atoms with Gasteiger partial charge in [0, 0.05) is 16.2 Å². The van der Waals surface area contributed by atoms with Crippen molar-refractivity contribution < 1.29 is 9.30 Å². The first-order chi connectivity index (χ1) is 12.5. The third kappa shape index (κ3) is 2.87. The fourth-order valence-corrected chi connectivity index (χ4v) is 6.58. The summed E-state index contributed by atoms with van der Waals surface area (Å²) >= 11 is 0. The predicted octanol–water partition coefficient (Wildman–Crippen LogP) is 4.07. The first-order valence-electron chi connectivity index (χ1n) is 8.83. The highest BCUT2D eigenvalue weighted by Gasteiger charge is 2.42. The summed E-state index contributed by atoms with van der Waals surface area (Å²) in [6.45, 7) is 4.64. The van der Waals surface area contributed by atoms with E-state index in [1.807, 2.05) is 92.7 Å². The van der Waals surface area contributed by atoms with Crippen LogP contribution in [-0.2, 0) is 9.30 Å². The van der Waals surface area contributed by atoms with Crippen LogP contribution in [-0.4, -0.2) is 23.7 Å². The van der Waals surface area contributed by atoms with Gasteiger partial charge in [-0.15, -0.1) is 0 Å². The molecule has 0 N–H and O–H groups in total. The van der Waals surface area contributed by atoms with Crippen molar-refractivity contribution in [2.24, 2.45) is 4.99 Å². The number of hydrogen-bond donors (Lipinski definition) is 0. The maximum atomic E-state index is 14.5. The smallest absolute Gasteiger partial charge is 0.213 e. The molecule has 3 nitrogen and oxygen atoms in total. The Morgan fingerprint density at radius 1 is 1.00 bits per heavy atom. The van der Waals surface area contributed by atoms with Crippen LogP contribution in [0.2, 0.25) is 0 Å². The summed E-state index contributed by atoms with van der Waals surface area (Å²) in [6, 6.07) is 19.5. The van der Waals surface area contributed by atoms with Gasteiger partial charge in [-0.1, -0.05) is 78.9 Å². The lowest BCUT2D eigenvalue weighted by Gasteiger charge is -2.26. The second kappa shape index (κ2) is 6.41. The molecule has 0 saturated carbocycles. The lowest BCUT2D eigenvalue weighted by atomic mass is 10.1. The first-order valence-corrected chi connectivity index (χ1v) is 10.6. The molecule has 1 aliphatic carbocycles. The highest BCUT2D eigenvalue weighted by molar-refractivity contribution is 7.79. The average molecular weight is 363 g/mol. The van der Waals surface area contributed by atoms with Gasteiger partial charge in [0.05, 0.1) is 11.2 Å². The zero-order chi connectivity index (χ0) is 18.2. The number of benzene rings is 2. The van der Waals surface area contributed by atoms with Crippen molar-refractivity contribution in [2.45, 2.75) is 25.0 Å². The SMILES string of the molecule is CC1(C)COC(C2=CC=CC2P(=O)(c2ccccc2)c2ccccc2)=N1. The fourth-order valence-electron chi connectivity index (χ4n) is 3.48. The molecule has 1 aliphatic heterocycles. The summed E-state index contributed by atoms with van der Waals surface area (Å²) < 4.78 is 20.4. The molecule has 0 saturated heterocycles. The molecule has 0 bridgehead atoms. The molecular formula is C22H22NO2P. The van der Waals surface area contributed by atoms with E-state index in [0.29, 0.717) is 12.5 Å². The molecule has 0 spiro atoms. The van der Waals surface area contributed by atoms with Crippen molar-refractivity contribution >= 4 is 23.6 Å². The molecule has 0 amide bonds. The van der Waals surface area contributed by atoms with Crippen LogP contribution in [0.5, 0.6) is 0 Å². The highest BCUT2D eigenvalue weighted by Crippen LogP contribution is 2.53. The van der Waals surface area contributed by atoms with Gasteiger partial charge in [-0.2, -0.15) is 0 Å². The summed E-state index contributed by atoms with van der Waals surface area (Å²) in [5.74, 6) is 0.622. The predicted molar refractivity (Wildman–Crippen MR) is 108 cm³/mol. The normalized spacial score (nSPS) is 21.2. The third-order valence-electron chi connectivity index (χ3n) is 4.77. The zero-order valence-electron chi connectivity index (χ0n) is 15.0. The summed E-state index contributed by atoms with van der Waals surface area (Å²) in [4.78, 5) is 4.72. The Morgan fingerprint density at radius 2 is 1.58 bits per heavy atom. The monoisotopic (exact) mass is 363 g/mol. The average Bonchev–Trinajstić information content (AvgIpc) is 3.29. The van der Waals surface area contributed by atoms with Crippen molar-refractivity contribution in [1.82, 2.24) is 0 Å². The lowest BCUT2D eigenvalue weighted by molar-refractivity contribution is 0.279. The van der Waals surface area contributed by atoms with Crippen molar-refractivity contribution in [3.63, 3.8) is 0 Å². The van der Waals surface area contributed by atoms with E-state index in [-0.39, 0.29) is 11.2 Å². The fraction of sp³-hybridized carbons (Fsp3) is 0.227. The summed E-state index contributed by atoms with van der Waals surface area (Å²) in [6.07, 6.45) is 5.98. The minimum absolute atomic E-state index is 0.243. The Hall–Kier alpha value is -2.38. The Bertz CT molecular complexity index is 899. The Kier molecular flexibility index (Phi) is 4.20. The molecule has 132 valence electrons. The molecule has 0 radical (unpaired) electrons. The van der Waals surface area contributed by atoms with Gasteiger partial charge in [0.2, 0.25) is 5.90 Å². The number of hydrogen-bond acceptors (Lipinski definition) is 3. The second-order valence-electron chi connectivity index (χ2n) is 7.30. The molecule has 4 rings (SSSR count). The van der Waals surface area contributed by atoms with Gasteiger partial charge < -0.3 is 9.30 Å². The summed E-state index contributed by atoms with van der Waals surface area (Å²) in [5.41, 5.74) is 0.402. The summed E-state index contributed by atoms with van der Waals surface area (Å²) in [7, 11) is -2.94. The number of allylic oxidation sites excluding steroid dienone is 3. The minimum atomic E-state index is -2.94. The molecule has 0 fully saturated rings. The van der Waals surface area contributed by atoms with Gasteiger partial charge in [0.1, 0.15) is 6.61 Å². The van der Waals surface area contributed by atoms with Gasteiger partial charge in [0.25, 0.3) is 0 Å². The van der Waals surface area contributed by atoms with E-state index in [4.69, 9.17) is 9.73 Å². The number of rotatable bonds is 4. The maximum absolute atomic E-state index is 14.5. The molecule has 26 heavy (non-hydrogen) atoms. The maximum Gasteiger partial charge on any atom is 0.213 e. The van der Waals surface area contributed by atoms with Gasteiger partial charge in [-0.25, -0.2) is 4.99 Å². The van der Waals surface area contributed by atoms with Gasteiger partial charge in [0.15, 0.2) is 7.14 Å². The van der Waals surface area contributed by atoms with Gasteiger partial charge in [-0.05, 0) is 13.8 Å². The van der Waals surface area contributed by atoms with Crippen LogP contribution in [0, 0.1) is 0 Å². The van der Waals surface area contributed by atoms with Crippen LogP contribution in [0.4, 0.5) is 0 Å². The Morgan fingerprint density at radius 3 is 2.08 bits per heavy atom. The van der Waals surface area contributed by atoms with E-state index in [1.54, 1.807) is 0 Å². The van der Waals surface area contributed by atoms with E-state index >= 15 is 0 Å². The van der Waals surface area contributed by atoms with E-state index in [9.17, 15) is 4.57 Å². The Labute approximate surface area is 154 Å². The van der Waals surface area contributed by atoms with Crippen LogP contribution in [0.25, 0.3) is 0 Å². The quantitative estimate of drug-likeness (QED) is 0.768. The van der Waals surface area contributed by atoms with E-state index in [1.165, 1.54) is 0 Å². The highest BCUT2D eigenvalue weighted by atomic mass is 31.2. The number of aliphatic imine (C=N–C) groups is 1. The number of nitrogens with zero attached hydrogens (tertiary/aromatic N) is 1. The van der Waals surface area contributed by atoms with Crippen molar-refractivity contribution in [1.29, 1.82) is 0 Å². The molecule has 0 aromatic heterocycles. The van der Waals surface area contributed by atoms with Crippen LogP contribution < -0.4 is 10.6 Å². The topological polar surface area (TPSA) is 38.7 Å². The summed E-state index contributed by atoms with van der Waals surface area (Å²) in [5, 5.41) is 1.71. The molecule has 4 heteroatoms.